The number of amides is 2. The number of hydrogen-bond acceptors (Lipinski definition) is 3. The molecule has 2 amide bonds. The van der Waals surface area contributed by atoms with Crippen LogP contribution < -0.4 is 5.32 Å². The summed E-state index contributed by atoms with van der Waals surface area (Å²) in [5.41, 5.74) is 1.71. The first-order valence-electron chi connectivity index (χ1n) is 7.49. The second-order valence-corrected chi connectivity index (χ2v) is 7.77. The average molecular weight is 361 g/mol. The lowest BCUT2D eigenvalue weighted by atomic mass is 10.1. The molecule has 0 spiro atoms. The molecule has 124 valence electrons. The van der Waals surface area contributed by atoms with Gasteiger partial charge in [0.15, 0.2) is 4.75 Å². The van der Waals surface area contributed by atoms with Gasteiger partial charge in [0.25, 0.3) is 0 Å². The number of para-hydroxylation sites is 1. The third-order valence-corrected chi connectivity index (χ3v) is 5.57. The second-order valence-electron chi connectivity index (χ2n) is 5.87. The maximum Gasteiger partial charge on any atom is 0.250 e. The molecule has 1 aliphatic rings. The number of nitrogens with zero attached hydrogens (tertiary/aromatic N) is 1. The van der Waals surface area contributed by atoms with Gasteiger partial charge in [-0.15, -0.1) is 0 Å². The standard InChI is InChI=1S/C18H17ClN2O2S/c1-18(16(22)20-14-5-3-4-6-15(14)24-18)17(23)21(2)11-12-7-9-13(19)10-8-12/h3-10H,11H2,1-2H3,(H,20,22). The summed E-state index contributed by atoms with van der Waals surface area (Å²) in [6.45, 7) is 2.09. The lowest BCUT2D eigenvalue weighted by Gasteiger charge is -2.34. The van der Waals surface area contributed by atoms with Crippen molar-refractivity contribution in [3.8, 4) is 0 Å². The summed E-state index contributed by atoms with van der Waals surface area (Å²) in [6.07, 6.45) is 0. The van der Waals surface area contributed by atoms with Crippen LogP contribution >= 0.6 is 23.4 Å². The molecule has 0 aromatic heterocycles. The summed E-state index contributed by atoms with van der Waals surface area (Å²) in [4.78, 5) is 27.9. The van der Waals surface area contributed by atoms with Crippen molar-refractivity contribution in [2.75, 3.05) is 12.4 Å². The van der Waals surface area contributed by atoms with E-state index < -0.39 is 4.75 Å². The van der Waals surface area contributed by atoms with E-state index in [0.717, 1.165) is 16.1 Å². The number of rotatable bonds is 3. The molecule has 0 bridgehead atoms. The van der Waals surface area contributed by atoms with Crippen molar-refractivity contribution >= 4 is 40.9 Å². The summed E-state index contributed by atoms with van der Waals surface area (Å²) < 4.78 is -1.18. The van der Waals surface area contributed by atoms with Gasteiger partial charge in [-0.05, 0) is 36.8 Å². The molecule has 0 saturated carbocycles. The number of thioether (sulfide) groups is 1. The molecule has 24 heavy (non-hydrogen) atoms. The summed E-state index contributed by atoms with van der Waals surface area (Å²) in [7, 11) is 1.70. The molecule has 1 atom stereocenters. The average Bonchev–Trinajstić information content (AvgIpc) is 2.57. The van der Waals surface area contributed by atoms with Gasteiger partial charge in [0.05, 0.1) is 5.69 Å². The maximum absolute atomic E-state index is 12.9. The fraction of sp³-hybridized carbons (Fsp3) is 0.222. The molecule has 0 radical (unpaired) electrons. The third kappa shape index (κ3) is 3.14. The minimum Gasteiger partial charge on any atom is -0.340 e. The molecule has 0 fully saturated rings. The van der Waals surface area contributed by atoms with Crippen LogP contribution in [0.3, 0.4) is 0 Å². The molecular formula is C18H17ClN2O2S. The maximum atomic E-state index is 12.9. The number of anilines is 1. The number of carbonyl (C=O) groups excluding carboxylic acids is 2. The van der Waals surface area contributed by atoms with Gasteiger partial charge in [0.1, 0.15) is 0 Å². The molecule has 3 rings (SSSR count). The number of halogens is 1. The predicted molar refractivity (Wildman–Crippen MR) is 97.3 cm³/mol. The molecule has 2 aromatic carbocycles. The van der Waals surface area contributed by atoms with Crippen LogP contribution in [0.25, 0.3) is 0 Å². The Labute approximate surface area is 150 Å². The molecule has 1 unspecified atom stereocenters. The fourth-order valence-electron chi connectivity index (χ4n) is 2.61. The van der Waals surface area contributed by atoms with Gasteiger partial charge in [0, 0.05) is 23.5 Å². The molecule has 6 heteroatoms. The Kier molecular flexibility index (Phi) is 4.56. The molecule has 1 aliphatic heterocycles. The van der Waals surface area contributed by atoms with Crippen LogP contribution in [0.2, 0.25) is 5.02 Å². The first-order valence-corrected chi connectivity index (χ1v) is 8.69. The molecule has 1 N–H and O–H groups in total. The lowest BCUT2D eigenvalue weighted by Crippen LogP contribution is -2.52. The zero-order valence-corrected chi connectivity index (χ0v) is 14.9. The van der Waals surface area contributed by atoms with Crippen molar-refractivity contribution in [2.24, 2.45) is 0 Å². The monoisotopic (exact) mass is 360 g/mol. The molecule has 2 aromatic rings. The van der Waals surface area contributed by atoms with Crippen LogP contribution in [-0.4, -0.2) is 28.5 Å². The van der Waals surface area contributed by atoms with E-state index in [-0.39, 0.29) is 11.8 Å². The Hall–Kier alpha value is -1.98. The summed E-state index contributed by atoms with van der Waals surface area (Å²) in [6, 6.07) is 14.8. The van der Waals surface area contributed by atoms with Crippen molar-refractivity contribution in [3.63, 3.8) is 0 Å². The molecular weight excluding hydrogens is 344 g/mol. The first kappa shape index (κ1) is 16.9. The van der Waals surface area contributed by atoms with Crippen molar-refractivity contribution in [1.29, 1.82) is 0 Å². The zero-order valence-electron chi connectivity index (χ0n) is 13.4. The van der Waals surface area contributed by atoms with Gasteiger partial charge < -0.3 is 10.2 Å². The van der Waals surface area contributed by atoms with Crippen LogP contribution in [0.15, 0.2) is 53.4 Å². The van der Waals surface area contributed by atoms with E-state index in [2.05, 4.69) is 5.32 Å². The van der Waals surface area contributed by atoms with E-state index in [1.165, 1.54) is 11.8 Å². The van der Waals surface area contributed by atoms with Crippen LogP contribution in [0.4, 0.5) is 5.69 Å². The minimum absolute atomic E-state index is 0.227. The topological polar surface area (TPSA) is 49.4 Å². The van der Waals surface area contributed by atoms with E-state index in [1.54, 1.807) is 31.0 Å². The largest absolute Gasteiger partial charge is 0.340 e. The van der Waals surface area contributed by atoms with E-state index in [0.29, 0.717) is 11.6 Å². The highest BCUT2D eigenvalue weighted by atomic mass is 35.5. The third-order valence-electron chi connectivity index (χ3n) is 3.97. The molecule has 1 heterocycles. The smallest absolute Gasteiger partial charge is 0.250 e. The number of fused-ring (bicyclic) bond motifs is 1. The number of carbonyl (C=O) groups is 2. The Morgan fingerprint density at radius 2 is 1.88 bits per heavy atom. The Morgan fingerprint density at radius 1 is 1.21 bits per heavy atom. The van der Waals surface area contributed by atoms with E-state index >= 15 is 0 Å². The van der Waals surface area contributed by atoms with Gasteiger partial charge in [-0.3, -0.25) is 9.59 Å². The van der Waals surface area contributed by atoms with E-state index in [1.807, 2.05) is 36.4 Å². The first-order chi connectivity index (χ1) is 11.4. The van der Waals surface area contributed by atoms with Crippen molar-refractivity contribution in [1.82, 2.24) is 4.90 Å². The Balaban J connectivity index is 1.80. The SMILES string of the molecule is CN(Cc1ccc(Cl)cc1)C(=O)C1(C)Sc2ccccc2NC1=O. The quantitative estimate of drug-likeness (QED) is 0.847. The van der Waals surface area contributed by atoms with E-state index in [9.17, 15) is 9.59 Å². The van der Waals surface area contributed by atoms with Crippen LogP contribution in [0.1, 0.15) is 12.5 Å². The summed E-state index contributed by atoms with van der Waals surface area (Å²) in [5.74, 6) is -0.520. The predicted octanol–water partition coefficient (Wildman–Crippen LogP) is 3.80. The second kappa shape index (κ2) is 6.49. The highest BCUT2D eigenvalue weighted by Crippen LogP contribution is 2.43. The number of hydrogen-bond donors (Lipinski definition) is 1. The lowest BCUT2D eigenvalue weighted by molar-refractivity contribution is -0.137. The normalized spacial score (nSPS) is 19.4. The highest BCUT2D eigenvalue weighted by Gasteiger charge is 2.47. The summed E-state index contributed by atoms with van der Waals surface area (Å²) in [5, 5.41) is 3.48. The Bertz CT molecular complexity index is 794. The van der Waals surface area contributed by atoms with E-state index in [4.69, 9.17) is 11.6 Å². The van der Waals surface area contributed by atoms with Crippen molar-refractivity contribution in [3.05, 3.63) is 59.1 Å². The molecule has 4 nitrogen and oxygen atoms in total. The van der Waals surface area contributed by atoms with Gasteiger partial charge >= 0.3 is 0 Å². The fourth-order valence-corrected chi connectivity index (χ4v) is 3.94. The van der Waals surface area contributed by atoms with Crippen LogP contribution in [0.5, 0.6) is 0 Å². The Morgan fingerprint density at radius 3 is 2.58 bits per heavy atom. The van der Waals surface area contributed by atoms with Gasteiger partial charge in [-0.2, -0.15) is 0 Å². The van der Waals surface area contributed by atoms with Gasteiger partial charge in [0.2, 0.25) is 11.8 Å². The molecule has 0 aliphatic carbocycles. The minimum atomic E-state index is -1.18. The van der Waals surface area contributed by atoms with Gasteiger partial charge in [-0.25, -0.2) is 0 Å². The summed E-state index contributed by atoms with van der Waals surface area (Å²) >= 11 is 7.18. The number of benzene rings is 2. The van der Waals surface area contributed by atoms with Crippen LogP contribution in [0, 0.1) is 0 Å². The zero-order chi connectivity index (χ0) is 17.3. The molecule has 0 saturated heterocycles. The van der Waals surface area contributed by atoms with Gasteiger partial charge in [-0.1, -0.05) is 47.6 Å². The van der Waals surface area contributed by atoms with Crippen LogP contribution in [-0.2, 0) is 16.1 Å². The highest BCUT2D eigenvalue weighted by molar-refractivity contribution is 8.02. The van der Waals surface area contributed by atoms with Crippen molar-refractivity contribution in [2.45, 2.75) is 23.1 Å². The van der Waals surface area contributed by atoms with Crippen molar-refractivity contribution < 1.29 is 9.59 Å². The number of nitrogens with one attached hydrogen (secondary N) is 1.